The average Bonchev–Trinajstić information content (AvgIpc) is 2.91. The van der Waals surface area contributed by atoms with Gasteiger partial charge in [-0.1, -0.05) is 0 Å². The summed E-state index contributed by atoms with van der Waals surface area (Å²) in [6.45, 7) is 6.33. The fourth-order valence-electron chi connectivity index (χ4n) is 2.52. The van der Waals surface area contributed by atoms with Crippen molar-refractivity contribution >= 4 is 11.7 Å². The van der Waals surface area contributed by atoms with Crippen molar-refractivity contribution < 1.29 is 9.90 Å². The Kier molecular flexibility index (Phi) is 2.75. The first-order valence-corrected chi connectivity index (χ1v) is 6.58. The maximum Gasteiger partial charge on any atom is 0.293 e. The first kappa shape index (κ1) is 13.0. The number of aromatic nitrogens is 4. The minimum absolute atomic E-state index is 0.129. The van der Waals surface area contributed by atoms with E-state index in [9.17, 15) is 9.90 Å². The number of fused-ring (bicyclic) bond motifs is 1. The van der Waals surface area contributed by atoms with Gasteiger partial charge in [-0.05, 0) is 33.3 Å². The molecule has 1 atom stereocenters. The van der Waals surface area contributed by atoms with Crippen LogP contribution in [-0.4, -0.2) is 54.2 Å². The van der Waals surface area contributed by atoms with Crippen LogP contribution in [0.5, 0.6) is 0 Å². The largest absolute Gasteiger partial charge is 0.388 e. The molecule has 1 unspecified atom stereocenters. The Morgan fingerprint density at radius 2 is 2.15 bits per heavy atom. The van der Waals surface area contributed by atoms with Crippen molar-refractivity contribution in [3.05, 3.63) is 23.3 Å². The maximum atomic E-state index is 12.3. The predicted octanol–water partition coefficient (Wildman–Crippen LogP) is 0.338. The van der Waals surface area contributed by atoms with E-state index in [1.165, 1.54) is 0 Å². The van der Waals surface area contributed by atoms with Crippen LogP contribution in [0, 0.1) is 13.8 Å². The standard InChI is InChI=1S/C13H17N5O2/c1-8-6-9(2)18-12(14-8)15-10(16-18)11(19)17-5-4-13(3,20)7-17/h6,20H,4-5,7H2,1-3H3. The van der Waals surface area contributed by atoms with Crippen LogP contribution in [0.3, 0.4) is 0 Å². The second-order valence-electron chi connectivity index (χ2n) is 5.66. The van der Waals surface area contributed by atoms with Crippen molar-refractivity contribution in [3.8, 4) is 0 Å². The van der Waals surface area contributed by atoms with Gasteiger partial charge in [-0.3, -0.25) is 4.79 Å². The summed E-state index contributed by atoms with van der Waals surface area (Å²) in [5, 5.41) is 14.1. The van der Waals surface area contributed by atoms with Crippen LogP contribution in [0.2, 0.25) is 0 Å². The van der Waals surface area contributed by atoms with Gasteiger partial charge in [-0.25, -0.2) is 9.50 Å². The number of β-amino-alcohol motifs (C(OH)–C–C–N with tert-alkyl or cyclic N) is 1. The summed E-state index contributed by atoms with van der Waals surface area (Å²) < 4.78 is 1.56. The second kappa shape index (κ2) is 4.24. The van der Waals surface area contributed by atoms with Gasteiger partial charge in [0.25, 0.3) is 11.7 Å². The number of likely N-dealkylation sites (tertiary alicyclic amines) is 1. The highest BCUT2D eigenvalue weighted by Gasteiger charge is 2.35. The van der Waals surface area contributed by atoms with E-state index < -0.39 is 5.60 Å². The summed E-state index contributed by atoms with van der Waals surface area (Å²) >= 11 is 0. The van der Waals surface area contributed by atoms with E-state index in [2.05, 4.69) is 15.1 Å². The van der Waals surface area contributed by atoms with Gasteiger partial charge in [0.15, 0.2) is 0 Å². The molecule has 1 fully saturated rings. The zero-order chi connectivity index (χ0) is 14.5. The lowest BCUT2D eigenvalue weighted by Crippen LogP contribution is -2.34. The molecule has 0 aliphatic carbocycles. The third kappa shape index (κ3) is 2.14. The van der Waals surface area contributed by atoms with Crippen molar-refractivity contribution in [3.63, 3.8) is 0 Å². The van der Waals surface area contributed by atoms with E-state index >= 15 is 0 Å². The topological polar surface area (TPSA) is 83.6 Å². The molecule has 0 aromatic carbocycles. The minimum atomic E-state index is -0.820. The third-order valence-electron chi connectivity index (χ3n) is 3.55. The van der Waals surface area contributed by atoms with E-state index in [1.54, 1.807) is 16.3 Å². The first-order chi connectivity index (χ1) is 9.35. The van der Waals surface area contributed by atoms with Crippen molar-refractivity contribution in [2.24, 2.45) is 0 Å². The van der Waals surface area contributed by atoms with Crippen molar-refractivity contribution in [1.82, 2.24) is 24.5 Å². The summed E-state index contributed by atoms with van der Waals surface area (Å²) in [5.74, 6) is 0.297. The molecule has 2 aromatic rings. The van der Waals surface area contributed by atoms with Gasteiger partial charge in [0.2, 0.25) is 5.82 Å². The van der Waals surface area contributed by atoms with Gasteiger partial charge in [-0.2, -0.15) is 4.98 Å². The minimum Gasteiger partial charge on any atom is -0.388 e. The fraction of sp³-hybridized carbons (Fsp3) is 0.538. The molecule has 3 rings (SSSR count). The van der Waals surface area contributed by atoms with E-state index in [-0.39, 0.29) is 11.7 Å². The number of nitrogens with zero attached hydrogens (tertiary/aromatic N) is 5. The molecule has 106 valence electrons. The molecule has 1 aliphatic rings. The van der Waals surface area contributed by atoms with Crippen LogP contribution in [0.4, 0.5) is 0 Å². The van der Waals surface area contributed by atoms with Gasteiger partial charge in [0, 0.05) is 24.5 Å². The quantitative estimate of drug-likeness (QED) is 0.811. The third-order valence-corrected chi connectivity index (χ3v) is 3.55. The molecule has 0 saturated carbocycles. The number of hydrogen-bond acceptors (Lipinski definition) is 5. The summed E-state index contributed by atoms with van der Waals surface area (Å²) in [5.41, 5.74) is 0.900. The monoisotopic (exact) mass is 275 g/mol. The Morgan fingerprint density at radius 1 is 1.40 bits per heavy atom. The lowest BCUT2D eigenvalue weighted by molar-refractivity contribution is 0.0565. The van der Waals surface area contributed by atoms with E-state index in [1.807, 2.05) is 19.9 Å². The Balaban J connectivity index is 1.95. The summed E-state index contributed by atoms with van der Waals surface area (Å²) in [7, 11) is 0. The Bertz CT molecular complexity index is 691. The SMILES string of the molecule is Cc1cc(C)n2nc(C(=O)N3CCC(C)(O)C3)nc2n1. The van der Waals surface area contributed by atoms with Crippen LogP contribution in [0.15, 0.2) is 6.07 Å². The molecule has 1 aliphatic heterocycles. The number of amides is 1. The molecule has 2 aromatic heterocycles. The average molecular weight is 275 g/mol. The molecular weight excluding hydrogens is 258 g/mol. The first-order valence-electron chi connectivity index (χ1n) is 6.58. The summed E-state index contributed by atoms with van der Waals surface area (Å²) in [6, 6.07) is 1.89. The smallest absolute Gasteiger partial charge is 0.293 e. The van der Waals surface area contributed by atoms with E-state index in [4.69, 9.17) is 0 Å². The predicted molar refractivity (Wildman–Crippen MR) is 71.4 cm³/mol. The second-order valence-corrected chi connectivity index (χ2v) is 5.66. The van der Waals surface area contributed by atoms with E-state index in [0.29, 0.717) is 25.3 Å². The molecule has 1 amide bonds. The highest BCUT2D eigenvalue weighted by molar-refractivity contribution is 5.91. The highest BCUT2D eigenvalue weighted by atomic mass is 16.3. The Labute approximate surface area is 116 Å². The zero-order valence-corrected chi connectivity index (χ0v) is 11.8. The summed E-state index contributed by atoms with van der Waals surface area (Å²) in [6.07, 6.45) is 0.572. The Hall–Kier alpha value is -2.02. The van der Waals surface area contributed by atoms with Crippen molar-refractivity contribution in [2.45, 2.75) is 32.8 Å². The molecule has 1 N–H and O–H groups in total. The molecule has 0 bridgehead atoms. The van der Waals surface area contributed by atoms with Gasteiger partial charge >= 0.3 is 0 Å². The van der Waals surface area contributed by atoms with Crippen LogP contribution >= 0.6 is 0 Å². The van der Waals surface area contributed by atoms with Crippen molar-refractivity contribution in [1.29, 1.82) is 0 Å². The maximum absolute atomic E-state index is 12.3. The molecule has 20 heavy (non-hydrogen) atoms. The number of carbonyl (C=O) groups is 1. The van der Waals surface area contributed by atoms with Gasteiger partial charge < -0.3 is 10.0 Å². The fourth-order valence-corrected chi connectivity index (χ4v) is 2.52. The lowest BCUT2D eigenvalue weighted by Gasteiger charge is -2.17. The van der Waals surface area contributed by atoms with E-state index in [0.717, 1.165) is 11.4 Å². The normalized spacial score (nSPS) is 22.7. The number of carbonyl (C=O) groups excluding carboxylic acids is 1. The molecule has 7 nitrogen and oxygen atoms in total. The summed E-state index contributed by atoms with van der Waals surface area (Å²) in [4.78, 5) is 22.4. The number of aliphatic hydroxyl groups is 1. The highest BCUT2D eigenvalue weighted by Crippen LogP contribution is 2.21. The van der Waals surface area contributed by atoms with Gasteiger partial charge in [0.05, 0.1) is 5.60 Å². The van der Waals surface area contributed by atoms with Crippen LogP contribution < -0.4 is 0 Å². The lowest BCUT2D eigenvalue weighted by atomic mass is 10.1. The number of aryl methyl sites for hydroxylation is 2. The molecular formula is C13H17N5O2. The van der Waals surface area contributed by atoms with Crippen LogP contribution in [-0.2, 0) is 0 Å². The molecule has 0 spiro atoms. The zero-order valence-electron chi connectivity index (χ0n) is 11.8. The number of rotatable bonds is 1. The molecule has 3 heterocycles. The van der Waals surface area contributed by atoms with Crippen molar-refractivity contribution in [2.75, 3.05) is 13.1 Å². The van der Waals surface area contributed by atoms with Gasteiger partial charge in [0.1, 0.15) is 0 Å². The van der Waals surface area contributed by atoms with Crippen LogP contribution in [0.1, 0.15) is 35.4 Å². The number of hydrogen-bond donors (Lipinski definition) is 1. The Morgan fingerprint density at radius 3 is 2.80 bits per heavy atom. The van der Waals surface area contributed by atoms with Gasteiger partial charge in [-0.15, -0.1) is 5.10 Å². The molecule has 0 radical (unpaired) electrons. The molecule has 1 saturated heterocycles. The van der Waals surface area contributed by atoms with Crippen LogP contribution in [0.25, 0.3) is 5.78 Å². The molecule has 7 heteroatoms.